The Labute approximate surface area is 147 Å². The second-order valence-electron chi connectivity index (χ2n) is 4.96. The Balaban J connectivity index is 1.83. The van der Waals surface area contributed by atoms with Gasteiger partial charge < -0.3 is 9.26 Å². The van der Waals surface area contributed by atoms with Crippen molar-refractivity contribution in [2.45, 2.75) is 10.6 Å². The van der Waals surface area contributed by atoms with Crippen LogP contribution in [-0.2, 0) is 15.6 Å². The summed E-state index contributed by atoms with van der Waals surface area (Å²) in [7, 11) is -2.06. The maximum Gasteiger partial charge on any atom is 0.242 e. The monoisotopic (exact) mass is 408 g/mol. The second kappa shape index (κ2) is 6.74. The molecule has 0 saturated carbocycles. The molecule has 0 radical (unpaired) electrons. The number of rotatable bonds is 5. The third-order valence-corrected chi connectivity index (χ3v) is 5.39. The summed E-state index contributed by atoms with van der Waals surface area (Å²) < 4.78 is 35.8. The van der Waals surface area contributed by atoms with Crippen LogP contribution in [-0.4, -0.2) is 25.7 Å². The quantitative estimate of drug-likeness (QED) is 0.642. The summed E-state index contributed by atoms with van der Waals surface area (Å²) in [6.07, 6.45) is 0. The minimum Gasteiger partial charge on any atom is -0.497 e. The zero-order chi connectivity index (χ0) is 17.2. The van der Waals surface area contributed by atoms with Crippen LogP contribution in [0.2, 0.25) is 0 Å². The van der Waals surface area contributed by atoms with E-state index in [0.717, 1.165) is 10.0 Å². The van der Waals surface area contributed by atoms with Crippen molar-refractivity contribution < 1.29 is 17.7 Å². The van der Waals surface area contributed by atoms with Crippen molar-refractivity contribution in [3.8, 4) is 17.1 Å². The number of halogens is 1. The van der Waals surface area contributed by atoms with Gasteiger partial charge >= 0.3 is 0 Å². The average Bonchev–Trinajstić information content (AvgIpc) is 3.03. The van der Waals surface area contributed by atoms with Gasteiger partial charge in [-0.2, -0.15) is 4.98 Å². The van der Waals surface area contributed by atoms with Crippen molar-refractivity contribution in [1.82, 2.24) is 10.1 Å². The fourth-order valence-electron chi connectivity index (χ4n) is 2.09. The van der Waals surface area contributed by atoms with Crippen LogP contribution in [0, 0.1) is 0 Å². The molecule has 3 aromatic rings. The van der Waals surface area contributed by atoms with E-state index in [1.807, 2.05) is 24.3 Å². The SMILES string of the molecule is COc1ccc(S(=O)(=O)Cc2nc(-c3cccc(Br)c3)no2)cc1. The lowest BCUT2D eigenvalue weighted by Gasteiger charge is -2.03. The van der Waals surface area contributed by atoms with Crippen molar-refractivity contribution in [3.63, 3.8) is 0 Å². The van der Waals surface area contributed by atoms with Gasteiger partial charge in [0.15, 0.2) is 9.84 Å². The average molecular weight is 409 g/mol. The van der Waals surface area contributed by atoms with Gasteiger partial charge in [-0.05, 0) is 36.4 Å². The molecule has 24 heavy (non-hydrogen) atoms. The molecular formula is C16H13BrN2O4S. The van der Waals surface area contributed by atoms with E-state index in [9.17, 15) is 8.42 Å². The first-order chi connectivity index (χ1) is 11.5. The molecule has 0 N–H and O–H groups in total. The molecule has 0 aliphatic rings. The summed E-state index contributed by atoms with van der Waals surface area (Å²) in [5.41, 5.74) is 0.737. The summed E-state index contributed by atoms with van der Waals surface area (Å²) in [5.74, 6) is 0.612. The molecule has 0 aliphatic carbocycles. The number of nitrogens with zero attached hydrogens (tertiary/aromatic N) is 2. The first-order valence-corrected chi connectivity index (χ1v) is 9.38. The molecule has 0 aliphatic heterocycles. The van der Waals surface area contributed by atoms with E-state index in [-0.39, 0.29) is 16.5 Å². The lowest BCUT2D eigenvalue weighted by molar-refractivity contribution is 0.389. The molecule has 3 rings (SSSR count). The zero-order valence-corrected chi connectivity index (χ0v) is 15.0. The van der Waals surface area contributed by atoms with Crippen LogP contribution in [0.25, 0.3) is 11.4 Å². The van der Waals surface area contributed by atoms with E-state index in [1.54, 1.807) is 12.1 Å². The smallest absolute Gasteiger partial charge is 0.242 e. The highest BCUT2D eigenvalue weighted by Gasteiger charge is 2.20. The molecule has 0 fully saturated rings. The van der Waals surface area contributed by atoms with Crippen LogP contribution in [0.4, 0.5) is 0 Å². The summed E-state index contributed by atoms with van der Waals surface area (Å²) in [4.78, 5) is 4.34. The number of benzene rings is 2. The van der Waals surface area contributed by atoms with Crippen molar-refractivity contribution in [2.75, 3.05) is 7.11 Å². The van der Waals surface area contributed by atoms with Gasteiger partial charge in [-0.3, -0.25) is 0 Å². The van der Waals surface area contributed by atoms with Crippen LogP contribution in [0.5, 0.6) is 5.75 Å². The molecule has 0 amide bonds. The lowest BCUT2D eigenvalue weighted by atomic mass is 10.2. The van der Waals surface area contributed by atoms with Gasteiger partial charge in [0, 0.05) is 10.0 Å². The van der Waals surface area contributed by atoms with Crippen LogP contribution in [0.3, 0.4) is 0 Å². The number of hydrogen-bond acceptors (Lipinski definition) is 6. The summed E-state index contributed by atoms with van der Waals surface area (Å²) in [5, 5.41) is 3.84. The van der Waals surface area contributed by atoms with E-state index < -0.39 is 9.84 Å². The second-order valence-corrected chi connectivity index (χ2v) is 7.86. The largest absolute Gasteiger partial charge is 0.497 e. The van der Waals surface area contributed by atoms with Gasteiger partial charge in [0.2, 0.25) is 11.7 Å². The van der Waals surface area contributed by atoms with Crippen molar-refractivity contribution in [1.29, 1.82) is 0 Å². The predicted molar refractivity (Wildman–Crippen MR) is 91.3 cm³/mol. The predicted octanol–water partition coefficient (Wildman–Crippen LogP) is 3.48. The van der Waals surface area contributed by atoms with Gasteiger partial charge in [-0.25, -0.2) is 8.42 Å². The third kappa shape index (κ3) is 3.65. The molecule has 8 heteroatoms. The Kier molecular flexibility index (Phi) is 4.68. The third-order valence-electron chi connectivity index (χ3n) is 3.28. The number of ether oxygens (including phenoxy) is 1. The normalized spacial score (nSPS) is 11.4. The van der Waals surface area contributed by atoms with E-state index in [2.05, 4.69) is 26.1 Å². The maximum absolute atomic E-state index is 12.4. The lowest BCUT2D eigenvalue weighted by Crippen LogP contribution is -2.05. The topological polar surface area (TPSA) is 82.3 Å². The molecular weight excluding hydrogens is 396 g/mol. The van der Waals surface area contributed by atoms with Gasteiger partial charge in [0.1, 0.15) is 11.5 Å². The fourth-order valence-corrected chi connectivity index (χ4v) is 3.65. The first-order valence-electron chi connectivity index (χ1n) is 6.93. The molecule has 0 saturated heterocycles. The summed E-state index contributed by atoms with van der Waals surface area (Å²) in [6, 6.07) is 13.5. The highest BCUT2D eigenvalue weighted by atomic mass is 79.9. The Morgan fingerprint density at radius 2 is 1.92 bits per heavy atom. The Morgan fingerprint density at radius 1 is 1.17 bits per heavy atom. The summed E-state index contributed by atoms with van der Waals surface area (Å²) in [6.45, 7) is 0. The molecule has 1 aromatic heterocycles. The number of sulfone groups is 1. The van der Waals surface area contributed by atoms with Crippen LogP contribution in [0.15, 0.2) is 62.4 Å². The minimum absolute atomic E-state index is 0.0424. The molecule has 0 unspecified atom stereocenters. The zero-order valence-electron chi connectivity index (χ0n) is 12.6. The van der Waals surface area contributed by atoms with Gasteiger partial charge in [0.05, 0.1) is 12.0 Å². The number of hydrogen-bond donors (Lipinski definition) is 0. The molecule has 6 nitrogen and oxygen atoms in total. The summed E-state index contributed by atoms with van der Waals surface area (Å²) >= 11 is 3.37. The van der Waals surface area contributed by atoms with Crippen LogP contribution < -0.4 is 4.74 Å². The molecule has 2 aromatic carbocycles. The van der Waals surface area contributed by atoms with Crippen molar-refractivity contribution in [3.05, 3.63) is 58.9 Å². The van der Waals surface area contributed by atoms with Gasteiger partial charge in [-0.1, -0.05) is 33.2 Å². The molecule has 124 valence electrons. The van der Waals surface area contributed by atoms with Crippen LogP contribution >= 0.6 is 15.9 Å². The highest BCUT2D eigenvalue weighted by molar-refractivity contribution is 9.10. The standard InChI is InChI=1S/C16H13BrN2O4S/c1-22-13-5-7-14(8-6-13)24(20,21)10-15-18-16(19-23-15)11-3-2-4-12(17)9-11/h2-9H,10H2,1H3. The van der Waals surface area contributed by atoms with E-state index in [0.29, 0.717) is 11.6 Å². The van der Waals surface area contributed by atoms with Crippen LogP contribution in [0.1, 0.15) is 5.89 Å². The van der Waals surface area contributed by atoms with Crippen molar-refractivity contribution >= 4 is 25.8 Å². The number of methoxy groups -OCH3 is 1. The molecule has 0 spiro atoms. The molecule has 1 heterocycles. The first kappa shape index (κ1) is 16.7. The van der Waals surface area contributed by atoms with E-state index >= 15 is 0 Å². The Morgan fingerprint density at radius 3 is 2.58 bits per heavy atom. The fraction of sp³-hybridized carbons (Fsp3) is 0.125. The highest BCUT2D eigenvalue weighted by Crippen LogP contribution is 2.23. The van der Waals surface area contributed by atoms with E-state index in [4.69, 9.17) is 9.26 Å². The molecule has 0 bridgehead atoms. The Bertz CT molecular complexity index is 952. The number of aromatic nitrogens is 2. The van der Waals surface area contributed by atoms with E-state index in [1.165, 1.54) is 19.2 Å². The Hall–Kier alpha value is -2.19. The maximum atomic E-state index is 12.4. The van der Waals surface area contributed by atoms with Crippen molar-refractivity contribution in [2.24, 2.45) is 0 Å². The minimum atomic E-state index is -3.58. The van der Waals surface area contributed by atoms with Gasteiger partial charge in [0.25, 0.3) is 0 Å². The molecule has 0 atom stereocenters. The van der Waals surface area contributed by atoms with Gasteiger partial charge in [-0.15, -0.1) is 0 Å².